The lowest BCUT2D eigenvalue weighted by atomic mass is 10.0. The summed E-state index contributed by atoms with van der Waals surface area (Å²) in [6.07, 6.45) is 1.01. The van der Waals surface area contributed by atoms with Gasteiger partial charge in [0.15, 0.2) is 0 Å². The van der Waals surface area contributed by atoms with Gasteiger partial charge in [0.2, 0.25) is 0 Å². The molecule has 11 heteroatoms. The Kier molecular flexibility index (Phi) is 7.47. The van der Waals surface area contributed by atoms with E-state index in [9.17, 15) is 18.0 Å². The number of benzene rings is 1. The minimum absolute atomic E-state index is 0.0445. The highest BCUT2D eigenvalue weighted by atomic mass is 19.4. The quantitative estimate of drug-likeness (QED) is 0.537. The summed E-state index contributed by atoms with van der Waals surface area (Å²) >= 11 is 0. The number of hydrogen-bond acceptors (Lipinski definition) is 7. The Balaban J connectivity index is 1.49. The molecule has 186 valence electrons. The lowest BCUT2D eigenvalue weighted by Gasteiger charge is -2.33. The molecule has 2 aromatic heterocycles. The zero-order valence-corrected chi connectivity index (χ0v) is 19.5. The first-order valence-electron chi connectivity index (χ1n) is 11.1. The van der Waals surface area contributed by atoms with Gasteiger partial charge in [-0.25, -0.2) is 9.97 Å². The van der Waals surface area contributed by atoms with E-state index in [0.29, 0.717) is 24.3 Å². The summed E-state index contributed by atoms with van der Waals surface area (Å²) in [5.74, 6) is 5.28. The van der Waals surface area contributed by atoms with Crippen LogP contribution in [0.1, 0.15) is 32.7 Å². The molecular formula is C25H24F3N7O. The number of piperazine rings is 1. The number of nitrogen functional groups attached to an aromatic ring is 1. The van der Waals surface area contributed by atoms with Crippen LogP contribution < -0.4 is 11.1 Å². The molecule has 36 heavy (non-hydrogen) atoms. The molecule has 0 unspecified atom stereocenters. The average Bonchev–Trinajstić information content (AvgIpc) is 2.85. The summed E-state index contributed by atoms with van der Waals surface area (Å²) in [4.78, 5) is 28.8. The van der Waals surface area contributed by atoms with Crippen LogP contribution in [0, 0.1) is 11.8 Å². The number of aromatic nitrogens is 3. The van der Waals surface area contributed by atoms with E-state index in [-0.39, 0.29) is 29.2 Å². The highest BCUT2D eigenvalue weighted by molar-refractivity contribution is 6.04. The lowest BCUT2D eigenvalue weighted by Crippen LogP contribution is -2.44. The number of nitrogens with zero attached hydrogens (tertiary/aromatic N) is 5. The van der Waals surface area contributed by atoms with Crippen LogP contribution in [-0.2, 0) is 12.7 Å². The van der Waals surface area contributed by atoms with Crippen LogP contribution in [0.15, 0.2) is 49.1 Å². The fourth-order valence-electron chi connectivity index (χ4n) is 3.68. The van der Waals surface area contributed by atoms with Gasteiger partial charge in [0.05, 0.1) is 23.5 Å². The van der Waals surface area contributed by atoms with Crippen molar-refractivity contribution in [2.45, 2.75) is 12.7 Å². The highest BCUT2D eigenvalue weighted by Crippen LogP contribution is 2.34. The molecule has 1 aliphatic heterocycles. The van der Waals surface area contributed by atoms with Crippen molar-refractivity contribution in [2.75, 3.05) is 44.3 Å². The molecule has 0 aliphatic carbocycles. The standard InChI is InChI=1S/C25H24F3N7O/c1-34-6-8-35(9-7-34)16-18-3-5-20(11-22(18)25(26,27)28)33-24(36)19-10-17(12-30-13-19)2-4-21-14-32-23(29)15-31-21/h3,5,10-15H,6-9,16H2,1H3,(H2,29,32)(H,33,36). The second-order valence-electron chi connectivity index (χ2n) is 8.44. The number of nitrogens with one attached hydrogen (secondary N) is 1. The molecule has 1 fully saturated rings. The van der Waals surface area contributed by atoms with Gasteiger partial charge in [-0.3, -0.25) is 14.7 Å². The molecule has 0 saturated carbocycles. The van der Waals surface area contributed by atoms with E-state index in [2.05, 4.69) is 37.0 Å². The van der Waals surface area contributed by atoms with Gasteiger partial charge in [-0.2, -0.15) is 13.2 Å². The highest BCUT2D eigenvalue weighted by Gasteiger charge is 2.34. The zero-order chi connectivity index (χ0) is 25.7. The molecule has 0 spiro atoms. The Morgan fingerprint density at radius 2 is 1.83 bits per heavy atom. The van der Waals surface area contributed by atoms with E-state index in [1.807, 2.05) is 11.9 Å². The molecule has 1 saturated heterocycles. The second-order valence-corrected chi connectivity index (χ2v) is 8.44. The first-order valence-corrected chi connectivity index (χ1v) is 11.1. The number of rotatable bonds is 4. The maximum Gasteiger partial charge on any atom is 0.416 e. The van der Waals surface area contributed by atoms with Crippen LogP contribution in [0.3, 0.4) is 0 Å². The van der Waals surface area contributed by atoms with Crippen molar-refractivity contribution in [3.8, 4) is 11.8 Å². The Morgan fingerprint density at radius 3 is 2.53 bits per heavy atom. The van der Waals surface area contributed by atoms with Crippen molar-refractivity contribution < 1.29 is 18.0 Å². The monoisotopic (exact) mass is 495 g/mol. The Morgan fingerprint density at radius 1 is 1.06 bits per heavy atom. The predicted octanol–water partition coefficient (Wildman–Crippen LogP) is 2.87. The molecule has 3 N–H and O–H groups in total. The van der Waals surface area contributed by atoms with Gasteiger partial charge < -0.3 is 16.0 Å². The van der Waals surface area contributed by atoms with Gasteiger partial charge in [-0.1, -0.05) is 12.0 Å². The molecule has 0 bridgehead atoms. The van der Waals surface area contributed by atoms with Gasteiger partial charge in [0, 0.05) is 56.4 Å². The molecule has 8 nitrogen and oxygen atoms in total. The van der Waals surface area contributed by atoms with Crippen LogP contribution >= 0.6 is 0 Å². The van der Waals surface area contributed by atoms with Crippen molar-refractivity contribution in [3.63, 3.8) is 0 Å². The van der Waals surface area contributed by atoms with E-state index < -0.39 is 17.6 Å². The molecule has 1 aliphatic rings. The van der Waals surface area contributed by atoms with E-state index in [4.69, 9.17) is 5.73 Å². The van der Waals surface area contributed by atoms with E-state index in [0.717, 1.165) is 19.2 Å². The largest absolute Gasteiger partial charge is 0.416 e. The molecular weight excluding hydrogens is 471 g/mol. The average molecular weight is 496 g/mol. The van der Waals surface area contributed by atoms with Gasteiger partial charge >= 0.3 is 6.18 Å². The van der Waals surface area contributed by atoms with Gasteiger partial charge in [0.1, 0.15) is 11.5 Å². The number of alkyl halides is 3. The van der Waals surface area contributed by atoms with Crippen LogP contribution in [0.2, 0.25) is 0 Å². The summed E-state index contributed by atoms with van der Waals surface area (Å²) in [6, 6.07) is 5.37. The third-order valence-electron chi connectivity index (χ3n) is 5.67. The predicted molar refractivity (Wildman–Crippen MR) is 129 cm³/mol. The molecule has 0 radical (unpaired) electrons. The molecule has 3 heterocycles. The van der Waals surface area contributed by atoms with Crippen molar-refractivity contribution in [3.05, 3.63) is 77.0 Å². The number of halogens is 3. The summed E-state index contributed by atoms with van der Waals surface area (Å²) in [5.41, 5.74) is 5.92. The van der Waals surface area contributed by atoms with Crippen molar-refractivity contribution in [1.29, 1.82) is 0 Å². The summed E-state index contributed by atoms with van der Waals surface area (Å²) in [5, 5.41) is 2.53. The fraction of sp³-hybridized carbons (Fsp3) is 0.280. The maximum absolute atomic E-state index is 13.8. The summed E-state index contributed by atoms with van der Waals surface area (Å²) < 4.78 is 41.5. The maximum atomic E-state index is 13.8. The Hall–Kier alpha value is -4.01. The number of carbonyl (C=O) groups excluding carboxylic acids is 1. The van der Waals surface area contributed by atoms with Gasteiger partial charge in [-0.05, 0) is 36.7 Å². The SMILES string of the molecule is CN1CCN(Cc2ccc(NC(=O)c3cncc(C#Cc4cnc(N)cn4)c3)cc2C(F)(F)F)CC1. The third-order valence-corrected chi connectivity index (χ3v) is 5.67. The van der Waals surface area contributed by atoms with Crippen molar-refractivity contribution in [2.24, 2.45) is 0 Å². The Bertz CT molecular complexity index is 1290. The smallest absolute Gasteiger partial charge is 0.382 e. The summed E-state index contributed by atoms with van der Waals surface area (Å²) in [6.45, 7) is 3.20. The summed E-state index contributed by atoms with van der Waals surface area (Å²) in [7, 11) is 1.99. The van der Waals surface area contributed by atoms with Gasteiger partial charge in [-0.15, -0.1) is 0 Å². The first-order chi connectivity index (χ1) is 17.2. The molecule has 1 amide bonds. The number of carbonyl (C=O) groups is 1. The van der Waals surface area contributed by atoms with Crippen LogP contribution in [0.5, 0.6) is 0 Å². The number of nitrogens with two attached hydrogens (primary N) is 1. The van der Waals surface area contributed by atoms with Gasteiger partial charge in [0.25, 0.3) is 5.91 Å². The zero-order valence-electron chi connectivity index (χ0n) is 19.5. The number of likely N-dealkylation sites (N-methyl/N-ethyl adjacent to an activating group) is 1. The number of anilines is 2. The van der Waals surface area contributed by atoms with E-state index in [1.165, 1.54) is 43.0 Å². The normalized spacial score (nSPS) is 14.7. The molecule has 0 atom stereocenters. The topological polar surface area (TPSA) is 100 Å². The molecule has 4 rings (SSSR count). The fourth-order valence-corrected chi connectivity index (χ4v) is 3.68. The van der Waals surface area contributed by atoms with Crippen molar-refractivity contribution >= 4 is 17.4 Å². The van der Waals surface area contributed by atoms with Crippen molar-refractivity contribution in [1.82, 2.24) is 24.8 Å². The lowest BCUT2D eigenvalue weighted by molar-refractivity contribution is -0.138. The number of hydrogen-bond donors (Lipinski definition) is 2. The second kappa shape index (κ2) is 10.7. The third kappa shape index (κ3) is 6.56. The van der Waals surface area contributed by atoms with Crippen LogP contribution in [0.4, 0.5) is 24.7 Å². The number of pyridine rings is 1. The van der Waals surface area contributed by atoms with Crippen LogP contribution in [0.25, 0.3) is 0 Å². The molecule has 1 aromatic carbocycles. The van der Waals surface area contributed by atoms with E-state index in [1.54, 1.807) is 0 Å². The first kappa shape index (κ1) is 25.1. The van der Waals surface area contributed by atoms with Crippen LogP contribution in [-0.4, -0.2) is 63.9 Å². The van der Waals surface area contributed by atoms with E-state index >= 15 is 0 Å². The minimum Gasteiger partial charge on any atom is -0.382 e. The minimum atomic E-state index is -4.55. The number of amides is 1. The molecule has 3 aromatic rings. The Labute approximate surface area is 206 Å².